The van der Waals surface area contributed by atoms with Crippen molar-refractivity contribution in [3.05, 3.63) is 69.8 Å². The lowest BCUT2D eigenvalue weighted by molar-refractivity contribution is 0.657. The van der Waals surface area contributed by atoms with Gasteiger partial charge in [0.15, 0.2) is 11.0 Å². The number of aromatic nitrogens is 6. The molecule has 0 unspecified atom stereocenters. The summed E-state index contributed by atoms with van der Waals surface area (Å²) in [7, 11) is 2.00. The molecule has 6 nitrogen and oxygen atoms in total. The van der Waals surface area contributed by atoms with Crippen molar-refractivity contribution in [3.63, 3.8) is 0 Å². The van der Waals surface area contributed by atoms with Crippen LogP contribution in [-0.4, -0.2) is 29.7 Å². The molecule has 2 N–H and O–H groups in total. The molecule has 8 heteroatoms. The summed E-state index contributed by atoms with van der Waals surface area (Å²) >= 11 is 1.11. The van der Waals surface area contributed by atoms with Gasteiger partial charge < -0.3 is 9.55 Å². The van der Waals surface area contributed by atoms with Gasteiger partial charge in [0.2, 0.25) is 0 Å². The van der Waals surface area contributed by atoms with Crippen molar-refractivity contribution in [2.75, 3.05) is 0 Å². The SMILES string of the molecule is C=c1c(-c2nc3c(-c4ccc(F)s4)cccc3[nH]2)n[nH]/c1=C/C=C(\C)c1cnc(C)n1C. The highest BCUT2D eigenvalue weighted by Gasteiger charge is 2.14. The highest BCUT2D eigenvalue weighted by atomic mass is 32.1. The molecule has 0 amide bonds. The van der Waals surface area contributed by atoms with Crippen LogP contribution in [0.25, 0.3) is 51.2 Å². The molecule has 0 bridgehead atoms. The second kappa shape index (κ2) is 7.72. The second-order valence-electron chi connectivity index (χ2n) is 7.62. The molecule has 32 heavy (non-hydrogen) atoms. The third-order valence-electron chi connectivity index (χ3n) is 5.60. The maximum Gasteiger partial charge on any atom is 0.176 e. The Bertz CT molecular complexity index is 1600. The Morgan fingerprint density at radius 2 is 2.09 bits per heavy atom. The van der Waals surface area contributed by atoms with Crippen LogP contribution < -0.4 is 10.6 Å². The average Bonchev–Trinajstić information content (AvgIpc) is 3.54. The van der Waals surface area contributed by atoms with E-state index in [2.05, 4.69) is 31.3 Å². The highest BCUT2D eigenvalue weighted by Crippen LogP contribution is 2.32. The normalized spacial score (nSPS) is 12.9. The summed E-state index contributed by atoms with van der Waals surface area (Å²) in [6.45, 7) is 8.22. The van der Waals surface area contributed by atoms with E-state index in [4.69, 9.17) is 4.98 Å². The summed E-state index contributed by atoms with van der Waals surface area (Å²) < 4.78 is 15.6. The van der Waals surface area contributed by atoms with Crippen LogP contribution in [0, 0.1) is 12.1 Å². The molecule has 0 aliphatic heterocycles. The minimum Gasteiger partial charge on any atom is -0.337 e. The van der Waals surface area contributed by atoms with Gasteiger partial charge in [-0.1, -0.05) is 24.8 Å². The molecule has 4 aromatic heterocycles. The second-order valence-corrected chi connectivity index (χ2v) is 8.66. The van der Waals surface area contributed by atoms with Gasteiger partial charge in [-0.25, -0.2) is 9.97 Å². The van der Waals surface area contributed by atoms with E-state index in [1.165, 1.54) is 6.07 Å². The van der Waals surface area contributed by atoms with Gasteiger partial charge in [0.05, 0.1) is 28.3 Å². The molecule has 1 aromatic carbocycles. The van der Waals surface area contributed by atoms with E-state index in [0.717, 1.165) is 60.5 Å². The Kier molecular flexibility index (Phi) is 4.86. The number of halogens is 1. The number of aryl methyl sites for hydroxylation is 1. The lowest BCUT2D eigenvalue weighted by Crippen LogP contribution is -2.21. The molecule has 0 spiro atoms. The van der Waals surface area contributed by atoms with Crippen LogP contribution in [0.4, 0.5) is 4.39 Å². The van der Waals surface area contributed by atoms with E-state index in [1.54, 1.807) is 6.07 Å². The maximum atomic E-state index is 13.6. The zero-order valence-corrected chi connectivity index (χ0v) is 18.7. The van der Waals surface area contributed by atoms with Gasteiger partial charge in [-0.05, 0) is 43.7 Å². The van der Waals surface area contributed by atoms with E-state index in [9.17, 15) is 4.39 Å². The van der Waals surface area contributed by atoms with Crippen molar-refractivity contribution in [1.82, 2.24) is 29.7 Å². The number of aromatic amines is 2. The van der Waals surface area contributed by atoms with Gasteiger partial charge in [0.1, 0.15) is 11.5 Å². The number of rotatable bonds is 4. The number of hydrogen-bond acceptors (Lipinski definition) is 4. The van der Waals surface area contributed by atoms with Gasteiger partial charge in [-0.2, -0.15) is 9.49 Å². The van der Waals surface area contributed by atoms with Gasteiger partial charge in [0.25, 0.3) is 0 Å². The Morgan fingerprint density at radius 1 is 1.25 bits per heavy atom. The van der Waals surface area contributed by atoms with Crippen molar-refractivity contribution in [2.24, 2.45) is 7.05 Å². The molecule has 0 saturated carbocycles. The third-order valence-corrected chi connectivity index (χ3v) is 6.51. The number of nitrogens with one attached hydrogen (secondary N) is 2. The van der Waals surface area contributed by atoms with Crippen LogP contribution >= 0.6 is 11.3 Å². The van der Waals surface area contributed by atoms with Crippen molar-refractivity contribution in [1.29, 1.82) is 0 Å². The Morgan fingerprint density at radius 3 is 2.81 bits per heavy atom. The Hall–Kier alpha value is -3.78. The summed E-state index contributed by atoms with van der Waals surface area (Å²) in [4.78, 5) is 13.3. The number of allylic oxidation sites excluding steroid dienone is 2. The molecule has 0 aliphatic rings. The van der Waals surface area contributed by atoms with Crippen molar-refractivity contribution in [3.8, 4) is 22.0 Å². The van der Waals surface area contributed by atoms with Crippen molar-refractivity contribution < 1.29 is 4.39 Å². The van der Waals surface area contributed by atoms with E-state index >= 15 is 0 Å². The molecule has 0 atom stereocenters. The molecular formula is C24H21FN6S. The first kappa shape index (κ1) is 20.1. The quantitative estimate of drug-likeness (QED) is 0.437. The van der Waals surface area contributed by atoms with Crippen LogP contribution in [0.5, 0.6) is 0 Å². The van der Waals surface area contributed by atoms with E-state index in [0.29, 0.717) is 11.5 Å². The molecule has 4 heterocycles. The van der Waals surface area contributed by atoms with Gasteiger partial charge in [-0.3, -0.25) is 5.10 Å². The monoisotopic (exact) mass is 444 g/mol. The molecular weight excluding hydrogens is 423 g/mol. The lowest BCUT2D eigenvalue weighted by Gasteiger charge is -2.02. The summed E-state index contributed by atoms with van der Waals surface area (Å²) in [5, 5.41) is 8.83. The molecule has 0 aliphatic carbocycles. The van der Waals surface area contributed by atoms with Gasteiger partial charge in [-0.15, -0.1) is 11.3 Å². The smallest absolute Gasteiger partial charge is 0.176 e. The maximum absolute atomic E-state index is 13.6. The number of thiophene rings is 1. The predicted octanol–water partition coefficient (Wildman–Crippen LogP) is 4.16. The van der Waals surface area contributed by atoms with Crippen LogP contribution in [0.1, 0.15) is 18.4 Å². The molecule has 0 fully saturated rings. The standard InChI is InChI=1S/C24H21FN6S/c1-13(19-12-26-15(3)31(19)4)8-9-17-14(2)22(30-29-17)24-27-18-7-5-6-16(23(18)28-24)20-10-11-21(25)32-20/h5-12,29H,2H2,1,3-4H3,(H,27,28)/b13-8+,17-9+. The van der Waals surface area contributed by atoms with Gasteiger partial charge >= 0.3 is 0 Å². The largest absolute Gasteiger partial charge is 0.337 e. The first-order valence-electron chi connectivity index (χ1n) is 10.1. The Balaban J connectivity index is 1.55. The van der Waals surface area contributed by atoms with Crippen molar-refractivity contribution >= 4 is 40.6 Å². The van der Waals surface area contributed by atoms with Crippen LogP contribution in [0.2, 0.25) is 0 Å². The fourth-order valence-corrected chi connectivity index (χ4v) is 4.43. The van der Waals surface area contributed by atoms with Crippen LogP contribution in [-0.2, 0) is 7.05 Å². The minimum absolute atomic E-state index is 0.218. The number of hydrogen-bond donors (Lipinski definition) is 2. The zero-order chi connectivity index (χ0) is 22.4. The summed E-state index contributed by atoms with van der Waals surface area (Å²) in [6.07, 6.45) is 5.84. The number of H-pyrrole nitrogens is 2. The highest BCUT2D eigenvalue weighted by molar-refractivity contribution is 7.14. The molecule has 5 aromatic rings. The fourth-order valence-electron chi connectivity index (χ4n) is 3.68. The van der Waals surface area contributed by atoms with E-state index < -0.39 is 0 Å². The van der Waals surface area contributed by atoms with E-state index in [-0.39, 0.29) is 5.13 Å². The fraction of sp³-hybridized carbons (Fsp3) is 0.125. The number of nitrogens with zero attached hydrogens (tertiary/aromatic N) is 4. The topological polar surface area (TPSA) is 75.2 Å². The van der Waals surface area contributed by atoms with Crippen LogP contribution in [0.3, 0.4) is 0 Å². The van der Waals surface area contributed by atoms with Crippen molar-refractivity contribution in [2.45, 2.75) is 13.8 Å². The Labute approximate surface area is 187 Å². The molecule has 0 radical (unpaired) electrons. The number of para-hydroxylation sites is 1. The van der Waals surface area contributed by atoms with Crippen LogP contribution in [0.15, 0.2) is 42.6 Å². The number of benzene rings is 1. The first-order valence-corrected chi connectivity index (χ1v) is 10.9. The third kappa shape index (κ3) is 3.38. The average molecular weight is 445 g/mol. The van der Waals surface area contributed by atoms with Gasteiger partial charge in [0, 0.05) is 22.7 Å². The van der Waals surface area contributed by atoms with E-state index in [1.807, 2.05) is 57.4 Å². The summed E-state index contributed by atoms with van der Waals surface area (Å²) in [5.41, 5.74) is 5.32. The first-order chi connectivity index (χ1) is 15.4. The number of imidazole rings is 2. The molecule has 0 saturated heterocycles. The molecule has 5 rings (SSSR count). The zero-order valence-electron chi connectivity index (χ0n) is 17.9. The molecule has 160 valence electrons. The predicted molar refractivity (Wildman–Crippen MR) is 128 cm³/mol. The lowest BCUT2D eigenvalue weighted by atomic mass is 10.1. The minimum atomic E-state index is -0.218. The summed E-state index contributed by atoms with van der Waals surface area (Å²) in [5.74, 6) is 1.58. The number of fused-ring (bicyclic) bond motifs is 1. The summed E-state index contributed by atoms with van der Waals surface area (Å²) in [6, 6.07) is 9.07.